The Hall–Kier alpha value is -2.20. The summed E-state index contributed by atoms with van der Waals surface area (Å²) < 4.78 is 5.72. The highest BCUT2D eigenvalue weighted by molar-refractivity contribution is 6.30. The molecule has 2 aromatic rings. The number of hydrogen-bond donors (Lipinski definition) is 2. The second-order valence-corrected chi connectivity index (χ2v) is 5.58. The van der Waals surface area contributed by atoms with E-state index in [1.165, 1.54) is 0 Å². The summed E-state index contributed by atoms with van der Waals surface area (Å²) in [7, 11) is 0. The SMILES string of the molecule is CC(C)(Oc1ccc(Cl)cc1)C(=O)Nc1cccc(N)c1. The van der Waals surface area contributed by atoms with Crippen molar-refractivity contribution in [3.8, 4) is 5.75 Å². The van der Waals surface area contributed by atoms with Gasteiger partial charge in [0, 0.05) is 16.4 Å². The molecule has 1 amide bonds. The maximum Gasteiger partial charge on any atom is 0.267 e. The first-order valence-electron chi connectivity index (χ1n) is 6.48. The normalized spacial score (nSPS) is 11.0. The van der Waals surface area contributed by atoms with Crippen LogP contribution in [0.1, 0.15) is 13.8 Å². The number of nitrogen functional groups attached to an aromatic ring is 1. The van der Waals surface area contributed by atoms with Crippen molar-refractivity contribution >= 4 is 28.9 Å². The van der Waals surface area contributed by atoms with Gasteiger partial charge >= 0.3 is 0 Å². The van der Waals surface area contributed by atoms with E-state index >= 15 is 0 Å². The van der Waals surface area contributed by atoms with E-state index in [-0.39, 0.29) is 5.91 Å². The number of ether oxygens (including phenoxy) is 1. The predicted molar refractivity (Wildman–Crippen MR) is 85.6 cm³/mol. The summed E-state index contributed by atoms with van der Waals surface area (Å²) >= 11 is 5.82. The number of rotatable bonds is 4. The van der Waals surface area contributed by atoms with Crippen LogP contribution in [-0.2, 0) is 4.79 Å². The van der Waals surface area contributed by atoms with Crippen molar-refractivity contribution < 1.29 is 9.53 Å². The molecule has 0 unspecified atom stereocenters. The Morgan fingerprint density at radius 2 is 1.86 bits per heavy atom. The number of halogens is 1. The number of nitrogens with two attached hydrogens (primary N) is 1. The topological polar surface area (TPSA) is 64.3 Å². The van der Waals surface area contributed by atoms with Crippen molar-refractivity contribution in [1.29, 1.82) is 0 Å². The Balaban J connectivity index is 2.07. The lowest BCUT2D eigenvalue weighted by Gasteiger charge is -2.25. The minimum atomic E-state index is -1.03. The molecule has 2 aromatic carbocycles. The minimum Gasteiger partial charge on any atom is -0.478 e. The lowest BCUT2D eigenvalue weighted by Crippen LogP contribution is -2.42. The van der Waals surface area contributed by atoms with Crippen molar-refractivity contribution in [3.05, 3.63) is 53.6 Å². The summed E-state index contributed by atoms with van der Waals surface area (Å²) in [4.78, 5) is 12.3. The van der Waals surface area contributed by atoms with Gasteiger partial charge in [0.05, 0.1) is 0 Å². The zero-order valence-corrected chi connectivity index (χ0v) is 12.6. The highest BCUT2D eigenvalue weighted by Gasteiger charge is 2.30. The molecule has 2 rings (SSSR count). The largest absolute Gasteiger partial charge is 0.478 e. The predicted octanol–water partition coefficient (Wildman–Crippen LogP) is 3.72. The summed E-state index contributed by atoms with van der Waals surface area (Å²) in [6.45, 7) is 3.40. The number of carbonyl (C=O) groups is 1. The number of benzene rings is 2. The van der Waals surface area contributed by atoms with Gasteiger partial charge in [-0.05, 0) is 56.3 Å². The highest BCUT2D eigenvalue weighted by atomic mass is 35.5. The second kappa shape index (κ2) is 6.06. The molecule has 0 spiro atoms. The molecule has 0 aromatic heterocycles. The van der Waals surface area contributed by atoms with E-state index in [4.69, 9.17) is 22.1 Å². The molecule has 3 N–H and O–H groups in total. The molecule has 110 valence electrons. The molecule has 0 aliphatic carbocycles. The molecule has 21 heavy (non-hydrogen) atoms. The first-order chi connectivity index (χ1) is 9.87. The summed E-state index contributed by atoms with van der Waals surface area (Å²) in [5.74, 6) is 0.315. The van der Waals surface area contributed by atoms with Crippen molar-refractivity contribution in [2.75, 3.05) is 11.1 Å². The lowest BCUT2D eigenvalue weighted by atomic mass is 10.1. The van der Waals surface area contributed by atoms with Crippen LogP contribution in [0.5, 0.6) is 5.75 Å². The molecule has 0 saturated heterocycles. The van der Waals surface area contributed by atoms with Crippen LogP contribution >= 0.6 is 11.6 Å². The highest BCUT2D eigenvalue weighted by Crippen LogP contribution is 2.22. The van der Waals surface area contributed by atoms with Gasteiger partial charge in [-0.15, -0.1) is 0 Å². The quantitative estimate of drug-likeness (QED) is 0.846. The first-order valence-corrected chi connectivity index (χ1v) is 6.86. The van der Waals surface area contributed by atoms with Crippen LogP contribution in [0.15, 0.2) is 48.5 Å². The smallest absolute Gasteiger partial charge is 0.267 e. The number of carbonyl (C=O) groups excluding carboxylic acids is 1. The Morgan fingerprint density at radius 1 is 1.19 bits per heavy atom. The molecule has 0 bridgehead atoms. The fourth-order valence-corrected chi connectivity index (χ4v) is 1.87. The fraction of sp³-hybridized carbons (Fsp3) is 0.188. The molecule has 4 nitrogen and oxygen atoms in total. The third kappa shape index (κ3) is 4.13. The van der Waals surface area contributed by atoms with Gasteiger partial charge < -0.3 is 15.8 Å². The summed E-state index contributed by atoms with van der Waals surface area (Å²) in [6.07, 6.45) is 0. The van der Waals surface area contributed by atoms with E-state index in [1.807, 2.05) is 0 Å². The van der Waals surface area contributed by atoms with Crippen LogP contribution in [0, 0.1) is 0 Å². The van der Waals surface area contributed by atoms with E-state index < -0.39 is 5.60 Å². The standard InChI is InChI=1S/C16H17ClN2O2/c1-16(2,21-14-8-6-11(17)7-9-14)15(20)19-13-5-3-4-12(18)10-13/h3-10H,18H2,1-2H3,(H,19,20). The molecule has 0 aliphatic heterocycles. The van der Waals surface area contributed by atoms with Gasteiger partial charge in [0.15, 0.2) is 5.60 Å². The minimum absolute atomic E-state index is 0.261. The number of hydrogen-bond acceptors (Lipinski definition) is 3. The number of anilines is 2. The van der Waals surface area contributed by atoms with Gasteiger partial charge in [0.1, 0.15) is 5.75 Å². The molecule has 0 fully saturated rings. The molecule has 0 radical (unpaired) electrons. The average molecular weight is 305 g/mol. The van der Waals surface area contributed by atoms with Gasteiger partial charge in [-0.25, -0.2) is 0 Å². The molecule has 5 heteroatoms. The van der Waals surface area contributed by atoms with E-state index in [1.54, 1.807) is 62.4 Å². The van der Waals surface area contributed by atoms with Crippen LogP contribution in [0.3, 0.4) is 0 Å². The van der Waals surface area contributed by atoms with Crippen molar-refractivity contribution in [3.63, 3.8) is 0 Å². The van der Waals surface area contributed by atoms with Crippen LogP contribution in [0.4, 0.5) is 11.4 Å². The van der Waals surface area contributed by atoms with Crippen molar-refractivity contribution in [2.45, 2.75) is 19.4 Å². The van der Waals surface area contributed by atoms with E-state index in [2.05, 4.69) is 5.32 Å². The zero-order valence-electron chi connectivity index (χ0n) is 11.9. The van der Waals surface area contributed by atoms with E-state index in [0.29, 0.717) is 22.1 Å². The third-order valence-electron chi connectivity index (χ3n) is 2.88. The molecule has 0 heterocycles. The molecule has 0 aliphatic rings. The Kier molecular flexibility index (Phi) is 4.38. The molecular formula is C16H17ClN2O2. The van der Waals surface area contributed by atoms with Gasteiger partial charge in [-0.3, -0.25) is 4.79 Å². The van der Waals surface area contributed by atoms with Gasteiger partial charge in [-0.1, -0.05) is 17.7 Å². The van der Waals surface area contributed by atoms with E-state index in [0.717, 1.165) is 0 Å². The van der Waals surface area contributed by atoms with Crippen LogP contribution < -0.4 is 15.8 Å². The number of amides is 1. The van der Waals surface area contributed by atoms with Crippen LogP contribution in [-0.4, -0.2) is 11.5 Å². The summed E-state index contributed by atoms with van der Waals surface area (Å²) in [5, 5.41) is 3.40. The second-order valence-electron chi connectivity index (χ2n) is 5.15. The molecule has 0 saturated carbocycles. The maximum atomic E-state index is 12.3. The Bertz CT molecular complexity index is 639. The lowest BCUT2D eigenvalue weighted by molar-refractivity contribution is -0.128. The van der Waals surface area contributed by atoms with Crippen molar-refractivity contribution in [1.82, 2.24) is 0 Å². The average Bonchev–Trinajstić information content (AvgIpc) is 2.41. The van der Waals surface area contributed by atoms with Crippen molar-refractivity contribution in [2.24, 2.45) is 0 Å². The summed E-state index contributed by atoms with van der Waals surface area (Å²) in [5.41, 5.74) is 5.88. The zero-order chi connectivity index (χ0) is 15.5. The monoisotopic (exact) mass is 304 g/mol. The Labute approximate surface area is 128 Å². The Morgan fingerprint density at radius 3 is 2.48 bits per heavy atom. The summed E-state index contributed by atoms with van der Waals surface area (Å²) in [6, 6.07) is 13.9. The van der Waals surface area contributed by atoms with Gasteiger partial charge in [0.25, 0.3) is 5.91 Å². The van der Waals surface area contributed by atoms with Gasteiger partial charge in [0.2, 0.25) is 0 Å². The maximum absolute atomic E-state index is 12.3. The number of nitrogens with one attached hydrogen (secondary N) is 1. The molecule has 0 atom stereocenters. The van der Waals surface area contributed by atoms with E-state index in [9.17, 15) is 4.79 Å². The first kappa shape index (κ1) is 15.2. The third-order valence-corrected chi connectivity index (χ3v) is 3.13. The van der Waals surface area contributed by atoms with Crippen LogP contribution in [0.2, 0.25) is 5.02 Å². The molecular weight excluding hydrogens is 288 g/mol. The fourth-order valence-electron chi connectivity index (χ4n) is 1.74. The van der Waals surface area contributed by atoms with Gasteiger partial charge in [-0.2, -0.15) is 0 Å². The van der Waals surface area contributed by atoms with Crippen LogP contribution in [0.25, 0.3) is 0 Å².